The number of halogens is 4. The number of nitrogens with one attached hydrogen (secondary N) is 1. The average Bonchev–Trinajstić information content (AvgIpc) is 2.89. The summed E-state index contributed by atoms with van der Waals surface area (Å²) >= 11 is 7.13. The van der Waals surface area contributed by atoms with Gasteiger partial charge in [0, 0.05) is 11.2 Å². The van der Waals surface area contributed by atoms with Crippen LogP contribution in [0.5, 0.6) is 0 Å². The number of alkyl halides is 3. The molecule has 1 fully saturated rings. The van der Waals surface area contributed by atoms with E-state index < -0.39 is 17.0 Å². The standard InChI is InChI=1S/C16H11ClF3N3OS/c17-11-5-4-10(16(18,19)20)7-9(11)8-12-14(24)23-15(25-12)22-13-3-1-2-6-21-13/h1-7,12H,8H2,(H,21,22,23,24). The molecule has 1 N–H and O–H groups in total. The molecule has 0 bridgehead atoms. The van der Waals surface area contributed by atoms with Gasteiger partial charge < -0.3 is 5.32 Å². The van der Waals surface area contributed by atoms with Crippen molar-refractivity contribution in [1.82, 2.24) is 10.3 Å². The van der Waals surface area contributed by atoms with Crippen molar-refractivity contribution in [2.24, 2.45) is 4.99 Å². The van der Waals surface area contributed by atoms with Crippen molar-refractivity contribution in [2.45, 2.75) is 17.8 Å². The number of amidine groups is 1. The summed E-state index contributed by atoms with van der Waals surface area (Å²) in [5, 5.41) is 2.55. The minimum absolute atomic E-state index is 0.0699. The van der Waals surface area contributed by atoms with Gasteiger partial charge in [0.25, 0.3) is 0 Å². The molecule has 1 unspecified atom stereocenters. The van der Waals surface area contributed by atoms with E-state index in [1.165, 1.54) is 6.07 Å². The molecule has 2 aromatic rings. The van der Waals surface area contributed by atoms with Gasteiger partial charge in [-0.25, -0.2) is 9.98 Å². The van der Waals surface area contributed by atoms with Gasteiger partial charge >= 0.3 is 6.18 Å². The molecule has 1 atom stereocenters. The second-order valence-electron chi connectivity index (χ2n) is 5.21. The lowest BCUT2D eigenvalue weighted by Gasteiger charge is -2.12. The van der Waals surface area contributed by atoms with Crippen LogP contribution in [-0.4, -0.2) is 21.3 Å². The van der Waals surface area contributed by atoms with Crippen LogP contribution in [0, 0.1) is 0 Å². The summed E-state index contributed by atoms with van der Waals surface area (Å²) in [5.41, 5.74) is -0.527. The molecule has 1 saturated heterocycles. The highest BCUT2D eigenvalue weighted by Gasteiger charge is 2.34. The van der Waals surface area contributed by atoms with Crippen molar-refractivity contribution >= 4 is 40.3 Å². The van der Waals surface area contributed by atoms with Gasteiger partial charge in [0.15, 0.2) is 11.0 Å². The predicted octanol–water partition coefficient (Wildman–Crippen LogP) is 4.22. The van der Waals surface area contributed by atoms with Crippen LogP contribution in [0.15, 0.2) is 47.6 Å². The molecule has 0 radical (unpaired) electrons. The van der Waals surface area contributed by atoms with Crippen LogP contribution in [0.3, 0.4) is 0 Å². The molecule has 3 rings (SSSR count). The topological polar surface area (TPSA) is 54.4 Å². The van der Waals surface area contributed by atoms with Crippen LogP contribution in [0.2, 0.25) is 5.02 Å². The number of hydrogen-bond donors (Lipinski definition) is 1. The maximum Gasteiger partial charge on any atom is 0.416 e. The summed E-state index contributed by atoms with van der Waals surface area (Å²) in [6.45, 7) is 0. The Morgan fingerprint density at radius 1 is 1.28 bits per heavy atom. The summed E-state index contributed by atoms with van der Waals surface area (Å²) in [4.78, 5) is 20.3. The zero-order valence-corrected chi connectivity index (χ0v) is 14.1. The fourth-order valence-electron chi connectivity index (χ4n) is 2.22. The Morgan fingerprint density at radius 3 is 2.76 bits per heavy atom. The predicted molar refractivity (Wildman–Crippen MR) is 91.0 cm³/mol. The summed E-state index contributed by atoms with van der Waals surface area (Å²) in [6.07, 6.45) is -2.82. The van der Waals surface area contributed by atoms with E-state index in [0.717, 1.165) is 23.9 Å². The maximum absolute atomic E-state index is 12.8. The van der Waals surface area contributed by atoms with Crippen molar-refractivity contribution < 1.29 is 18.0 Å². The summed E-state index contributed by atoms with van der Waals surface area (Å²) in [7, 11) is 0. The third-order valence-corrected chi connectivity index (χ3v) is 4.87. The molecule has 130 valence electrons. The van der Waals surface area contributed by atoms with Crippen LogP contribution in [0.4, 0.5) is 19.0 Å². The Bertz CT molecular complexity index is 827. The lowest BCUT2D eigenvalue weighted by molar-refractivity contribution is -0.137. The van der Waals surface area contributed by atoms with E-state index in [0.29, 0.717) is 11.0 Å². The Balaban J connectivity index is 1.78. The van der Waals surface area contributed by atoms with Crippen LogP contribution >= 0.6 is 23.4 Å². The van der Waals surface area contributed by atoms with E-state index in [9.17, 15) is 18.0 Å². The van der Waals surface area contributed by atoms with E-state index in [-0.39, 0.29) is 22.9 Å². The Hall–Kier alpha value is -2.06. The Morgan fingerprint density at radius 2 is 2.08 bits per heavy atom. The first-order chi connectivity index (χ1) is 11.8. The quantitative estimate of drug-likeness (QED) is 0.860. The zero-order valence-electron chi connectivity index (χ0n) is 12.5. The SMILES string of the molecule is O=C1N/C(=N/c2ccccn2)SC1Cc1cc(C(F)(F)F)ccc1Cl. The van der Waals surface area contributed by atoms with Gasteiger partial charge in [-0.05, 0) is 42.3 Å². The Labute approximate surface area is 150 Å². The van der Waals surface area contributed by atoms with Crippen molar-refractivity contribution in [3.05, 3.63) is 58.7 Å². The van der Waals surface area contributed by atoms with Gasteiger partial charge in [-0.2, -0.15) is 13.2 Å². The number of amides is 1. The number of thioether (sulfide) groups is 1. The highest BCUT2D eigenvalue weighted by Crippen LogP contribution is 2.34. The van der Waals surface area contributed by atoms with Gasteiger partial charge in [-0.15, -0.1) is 0 Å². The molecule has 1 amide bonds. The molecule has 1 aromatic heterocycles. The van der Waals surface area contributed by atoms with Gasteiger partial charge in [-0.3, -0.25) is 4.79 Å². The number of benzene rings is 1. The highest BCUT2D eigenvalue weighted by molar-refractivity contribution is 8.15. The molecule has 0 aliphatic carbocycles. The lowest BCUT2D eigenvalue weighted by Crippen LogP contribution is -2.26. The first-order valence-corrected chi connectivity index (χ1v) is 8.41. The van der Waals surface area contributed by atoms with E-state index in [4.69, 9.17) is 11.6 Å². The summed E-state index contributed by atoms with van der Waals surface area (Å²) in [5.74, 6) is 0.108. The average molecular weight is 386 g/mol. The number of nitrogens with zero attached hydrogens (tertiary/aromatic N) is 2. The fraction of sp³-hybridized carbons (Fsp3) is 0.188. The Kier molecular flexibility index (Phi) is 5.01. The smallest absolute Gasteiger partial charge is 0.304 e. The summed E-state index contributed by atoms with van der Waals surface area (Å²) < 4.78 is 38.5. The number of aliphatic imine (C=N–C) groups is 1. The van der Waals surface area contributed by atoms with Crippen LogP contribution < -0.4 is 5.32 Å². The minimum atomic E-state index is -4.46. The van der Waals surface area contributed by atoms with Crippen molar-refractivity contribution in [2.75, 3.05) is 0 Å². The van der Waals surface area contributed by atoms with E-state index >= 15 is 0 Å². The van der Waals surface area contributed by atoms with Crippen LogP contribution in [0.1, 0.15) is 11.1 Å². The molecule has 0 saturated carbocycles. The molecule has 9 heteroatoms. The molecular weight excluding hydrogens is 375 g/mol. The molecule has 1 aliphatic rings. The monoisotopic (exact) mass is 385 g/mol. The summed E-state index contributed by atoms with van der Waals surface area (Å²) in [6, 6.07) is 8.26. The molecule has 1 aliphatic heterocycles. The van der Waals surface area contributed by atoms with Crippen LogP contribution in [0.25, 0.3) is 0 Å². The number of carbonyl (C=O) groups is 1. The minimum Gasteiger partial charge on any atom is -0.304 e. The van der Waals surface area contributed by atoms with E-state index in [1.54, 1.807) is 24.4 Å². The molecular formula is C16H11ClF3N3OS. The first-order valence-electron chi connectivity index (χ1n) is 7.16. The highest BCUT2D eigenvalue weighted by atomic mass is 35.5. The molecule has 0 spiro atoms. The number of aromatic nitrogens is 1. The fourth-order valence-corrected chi connectivity index (χ4v) is 3.42. The third kappa shape index (κ3) is 4.32. The second kappa shape index (κ2) is 7.05. The zero-order chi connectivity index (χ0) is 18.0. The van der Waals surface area contributed by atoms with Gasteiger partial charge in [0.1, 0.15) is 0 Å². The molecule has 4 nitrogen and oxygen atoms in total. The maximum atomic E-state index is 12.8. The van der Waals surface area contributed by atoms with Gasteiger partial charge in [0.2, 0.25) is 5.91 Å². The third-order valence-electron chi connectivity index (χ3n) is 3.42. The lowest BCUT2D eigenvalue weighted by atomic mass is 10.1. The van der Waals surface area contributed by atoms with Gasteiger partial charge in [0.05, 0.1) is 10.8 Å². The van der Waals surface area contributed by atoms with Gasteiger partial charge in [-0.1, -0.05) is 29.4 Å². The molecule has 2 heterocycles. The number of rotatable bonds is 3. The molecule has 1 aromatic carbocycles. The molecule has 25 heavy (non-hydrogen) atoms. The second-order valence-corrected chi connectivity index (χ2v) is 6.81. The first kappa shape index (κ1) is 17.8. The van der Waals surface area contributed by atoms with Crippen molar-refractivity contribution in [1.29, 1.82) is 0 Å². The van der Waals surface area contributed by atoms with Crippen molar-refractivity contribution in [3.63, 3.8) is 0 Å². The van der Waals surface area contributed by atoms with E-state index in [2.05, 4.69) is 15.3 Å². The van der Waals surface area contributed by atoms with E-state index in [1.807, 2.05) is 0 Å². The van der Waals surface area contributed by atoms with Crippen LogP contribution in [-0.2, 0) is 17.4 Å². The number of hydrogen-bond acceptors (Lipinski definition) is 4. The number of carbonyl (C=O) groups excluding carboxylic acids is 1. The largest absolute Gasteiger partial charge is 0.416 e. The van der Waals surface area contributed by atoms with Crippen molar-refractivity contribution in [3.8, 4) is 0 Å². The normalized spacial score (nSPS) is 19.3. The number of pyridine rings is 1.